The zero-order chi connectivity index (χ0) is 25.5. The lowest BCUT2D eigenvalue weighted by Gasteiger charge is -2.40. The molecule has 0 unspecified atom stereocenters. The Hall–Kier alpha value is -2.03. The molecule has 0 radical (unpaired) electrons. The second kappa shape index (κ2) is 13.0. The van der Waals surface area contributed by atoms with E-state index in [2.05, 4.69) is 47.6 Å². The molecule has 4 rings (SSSR count). The summed E-state index contributed by atoms with van der Waals surface area (Å²) in [5.41, 5.74) is 2.23. The minimum Gasteiger partial charge on any atom is -0.379 e. The molecule has 0 spiro atoms. The van der Waals surface area contributed by atoms with Crippen LogP contribution in [0.1, 0.15) is 75.8 Å². The number of nitrogens with one attached hydrogen (secondary N) is 2. The van der Waals surface area contributed by atoms with Crippen molar-refractivity contribution in [3.8, 4) is 0 Å². The summed E-state index contributed by atoms with van der Waals surface area (Å²) in [7, 11) is 0. The van der Waals surface area contributed by atoms with Gasteiger partial charge in [0.05, 0.1) is 28.4 Å². The maximum Gasteiger partial charge on any atom is 0.243 e. The summed E-state index contributed by atoms with van der Waals surface area (Å²) in [6.07, 6.45) is 7.04. The van der Waals surface area contributed by atoms with Gasteiger partial charge in [-0.15, -0.1) is 11.3 Å². The van der Waals surface area contributed by atoms with Gasteiger partial charge in [-0.25, -0.2) is 4.98 Å². The maximum absolute atomic E-state index is 13.4. The molecule has 36 heavy (non-hydrogen) atoms. The molecular formula is C28H42N4O3S. The van der Waals surface area contributed by atoms with Crippen LogP contribution < -0.4 is 10.6 Å². The molecule has 1 aliphatic heterocycles. The SMILES string of the molecule is CCC(=O)N[C@@H](Cc1nc2ccc(C(C)C)cc2s1)C(=O)NC[C@H](C1CCCCC1)N1CCOCC1. The van der Waals surface area contributed by atoms with Crippen LogP contribution in [0.15, 0.2) is 18.2 Å². The van der Waals surface area contributed by atoms with Crippen molar-refractivity contribution in [1.29, 1.82) is 0 Å². The van der Waals surface area contributed by atoms with Gasteiger partial charge in [0.25, 0.3) is 0 Å². The highest BCUT2D eigenvalue weighted by Crippen LogP contribution is 2.30. The van der Waals surface area contributed by atoms with E-state index in [1.807, 2.05) is 6.92 Å². The van der Waals surface area contributed by atoms with E-state index in [0.717, 1.165) is 41.5 Å². The van der Waals surface area contributed by atoms with Gasteiger partial charge in [-0.3, -0.25) is 14.5 Å². The molecule has 1 aromatic carbocycles. The van der Waals surface area contributed by atoms with Crippen LogP contribution in [0.3, 0.4) is 0 Å². The number of thiazole rings is 1. The van der Waals surface area contributed by atoms with Crippen LogP contribution in [0, 0.1) is 5.92 Å². The summed E-state index contributed by atoms with van der Waals surface area (Å²) < 4.78 is 6.71. The topological polar surface area (TPSA) is 83.6 Å². The van der Waals surface area contributed by atoms with Crippen LogP contribution in [0.2, 0.25) is 0 Å². The minimum absolute atomic E-state index is 0.115. The Kier molecular flexibility index (Phi) is 9.73. The Morgan fingerprint density at radius 3 is 2.61 bits per heavy atom. The number of nitrogens with zero attached hydrogens (tertiary/aromatic N) is 2. The third-order valence-electron chi connectivity index (χ3n) is 7.67. The number of hydrogen-bond donors (Lipinski definition) is 2. The Bertz CT molecular complexity index is 993. The summed E-state index contributed by atoms with van der Waals surface area (Å²) >= 11 is 1.61. The number of carbonyl (C=O) groups excluding carboxylic acids is 2. The number of aromatic nitrogens is 1. The number of fused-ring (bicyclic) bond motifs is 1. The Labute approximate surface area is 219 Å². The van der Waals surface area contributed by atoms with E-state index >= 15 is 0 Å². The highest BCUT2D eigenvalue weighted by Gasteiger charge is 2.31. The van der Waals surface area contributed by atoms with Crippen LogP contribution in [0.4, 0.5) is 0 Å². The molecule has 2 atom stereocenters. The Morgan fingerprint density at radius 1 is 1.17 bits per heavy atom. The monoisotopic (exact) mass is 514 g/mol. The third kappa shape index (κ3) is 7.05. The number of ether oxygens (including phenoxy) is 1. The zero-order valence-electron chi connectivity index (χ0n) is 22.1. The van der Waals surface area contributed by atoms with Gasteiger partial charge >= 0.3 is 0 Å². The lowest BCUT2D eigenvalue weighted by atomic mass is 9.83. The molecule has 0 bridgehead atoms. The summed E-state index contributed by atoms with van der Waals surface area (Å²) in [6, 6.07) is 6.06. The molecule has 2 aliphatic rings. The van der Waals surface area contributed by atoms with Gasteiger partial charge in [0, 0.05) is 38.5 Å². The molecule has 8 heteroatoms. The first-order valence-electron chi connectivity index (χ1n) is 13.7. The van der Waals surface area contributed by atoms with Crippen molar-refractivity contribution in [2.45, 2.75) is 83.7 Å². The third-order valence-corrected chi connectivity index (χ3v) is 8.71. The number of benzene rings is 1. The predicted molar refractivity (Wildman–Crippen MR) is 145 cm³/mol. The van der Waals surface area contributed by atoms with Gasteiger partial charge in [-0.1, -0.05) is 46.1 Å². The normalized spacial score (nSPS) is 19.3. The van der Waals surface area contributed by atoms with Crippen molar-refractivity contribution in [3.63, 3.8) is 0 Å². The van der Waals surface area contributed by atoms with Crippen LogP contribution in [0.5, 0.6) is 0 Å². The van der Waals surface area contributed by atoms with Gasteiger partial charge in [-0.2, -0.15) is 0 Å². The average molecular weight is 515 g/mol. The van der Waals surface area contributed by atoms with Crippen molar-refractivity contribution in [2.75, 3.05) is 32.8 Å². The molecule has 198 valence electrons. The molecule has 7 nitrogen and oxygen atoms in total. The quantitative estimate of drug-likeness (QED) is 0.495. The molecule has 2 fully saturated rings. The number of rotatable bonds is 10. The fraction of sp³-hybridized carbons (Fsp3) is 0.679. The van der Waals surface area contributed by atoms with E-state index in [9.17, 15) is 9.59 Å². The van der Waals surface area contributed by atoms with Gasteiger partial charge in [0.15, 0.2) is 0 Å². The van der Waals surface area contributed by atoms with Gasteiger partial charge in [0.2, 0.25) is 11.8 Å². The van der Waals surface area contributed by atoms with Crippen LogP contribution in [-0.2, 0) is 20.7 Å². The molecule has 2 aromatic rings. The number of amides is 2. The van der Waals surface area contributed by atoms with E-state index in [4.69, 9.17) is 9.72 Å². The van der Waals surface area contributed by atoms with Crippen molar-refractivity contribution < 1.29 is 14.3 Å². The smallest absolute Gasteiger partial charge is 0.243 e. The summed E-state index contributed by atoms with van der Waals surface area (Å²) in [5.74, 6) is 0.814. The second-order valence-electron chi connectivity index (χ2n) is 10.5. The maximum atomic E-state index is 13.4. The lowest BCUT2D eigenvalue weighted by Crippen LogP contribution is -2.55. The summed E-state index contributed by atoms with van der Waals surface area (Å²) in [6.45, 7) is 10.1. The summed E-state index contributed by atoms with van der Waals surface area (Å²) in [4.78, 5) is 33.0. The second-order valence-corrected chi connectivity index (χ2v) is 11.6. The first-order valence-corrected chi connectivity index (χ1v) is 14.5. The fourth-order valence-electron chi connectivity index (χ4n) is 5.47. The molecule has 1 aliphatic carbocycles. The number of morpholine rings is 1. The first-order chi connectivity index (χ1) is 17.4. The lowest BCUT2D eigenvalue weighted by molar-refractivity contribution is -0.129. The highest BCUT2D eigenvalue weighted by atomic mass is 32.1. The highest BCUT2D eigenvalue weighted by molar-refractivity contribution is 7.18. The number of carbonyl (C=O) groups is 2. The fourth-order valence-corrected chi connectivity index (χ4v) is 6.53. The molecule has 1 saturated carbocycles. The van der Waals surface area contributed by atoms with Crippen LogP contribution in [0.25, 0.3) is 10.2 Å². The minimum atomic E-state index is -0.626. The van der Waals surface area contributed by atoms with Crippen molar-refractivity contribution in [1.82, 2.24) is 20.5 Å². The van der Waals surface area contributed by atoms with Crippen LogP contribution >= 0.6 is 11.3 Å². The van der Waals surface area contributed by atoms with E-state index in [-0.39, 0.29) is 11.8 Å². The van der Waals surface area contributed by atoms with Crippen LogP contribution in [-0.4, -0.2) is 66.6 Å². The molecule has 1 aromatic heterocycles. The largest absolute Gasteiger partial charge is 0.379 e. The van der Waals surface area contributed by atoms with Crippen molar-refractivity contribution in [2.24, 2.45) is 5.92 Å². The van der Waals surface area contributed by atoms with Gasteiger partial charge < -0.3 is 15.4 Å². The van der Waals surface area contributed by atoms with E-state index in [1.54, 1.807) is 11.3 Å². The predicted octanol–water partition coefficient (Wildman–Crippen LogP) is 4.25. The standard InChI is InChI=1S/C28H42N4O3S/c1-4-26(33)30-23(17-27-31-22-11-10-21(19(2)3)16-25(22)36-27)28(34)29-18-24(20-8-6-5-7-9-20)32-12-14-35-15-13-32/h10-11,16,19-20,23-24H,4-9,12-15,17-18H2,1-3H3,(H,29,34)(H,30,33)/t23-,24+/m0/s1. The van der Waals surface area contributed by atoms with Gasteiger partial charge in [0.1, 0.15) is 6.04 Å². The number of hydrogen-bond acceptors (Lipinski definition) is 6. The molecule has 2 N–H and O–H groups in total. The van der Waals surface area contributed by atoms with E-state index in [0.29, 0.717) is 37.3 Å². The molecular weight excluding hydrogens is 472 g/mol. The zero-order valence-corrected chi connectivity index (χ0v) is 22.9. The first kappa shape index (κ1) is 27.0. The van der Waals surface area contributed by atoms with Gasteiger partial charge in [-0.05, 0) is 42.4 Å². The summed E-state index contributed by atoms with van der Waals surface area (Å²) in [5, 5.41) is 7.05. The Morgan fingerprint density at radius 2 is 1.92 bits per heavy atom. The molecule has 2 heterocycles. The molecule has 1 saturated heterocycles. The van der Waals surface area contributed by atoms with E-state index in [1.165, 1.54) is 37.7 Å². The Balaban J connectivity index is 1.46. The van der Waals surface area contributed by atoms with Crippen molar-refractivity contribution >= 4 is 33.4 Å². The van der Waals surface area contributed by atoms with E-state index < -0.39 is 6.04 Å². The molecule has 2 amide bonds. The average Bonchev–Trinajstić information content (AvgIpc) is 3.31. The van der Waals surface area contributed by atoms with Crippen molar-refractivity contribution in [3.05, 3.63) is 28.8 Å².